The normalized spacial score (nSPS) is 16.0. The molecule has 0 amide bonds. The molecule has 1 aliphatic heterocycles. The van der Waals surface area contributed by atoms with E-state index in [1.165, 1.54) is 0 Å². The summed E-state index contributed by atoms with van der Waals surface area (Å²) in [7, 11) is 0. The van der Waals surface area contributed by atoms with E-state index in [9.17, 15) is 4.79 Å². The quantitative estimate of drug-likeness (QED) is 0.596. The first kappa shape index (κ1) is 21.1. The number of aromatic nitrogens is 4. The van der Waals surface area contributed by atoms with Crippen molar-refractivity contribution >= 4 is 28.7 Å². The molecule has 9 heteroatoms. The summed E-state index contributed by atoms with van der Waals surface area (Å²) < 4.78 is 6.26. The Morgan fingerprint density at radius 2 is 2.13 bits per heavy atom. The number of anilines is 3. The average Bonchev–Trinajstić information content (AvgIpc) is 3.21. The summed E-state index contributed by atoms with van der Waals surface area (Å²) >= 11 is 6.16. The van der Waals surface area contributed by atoms with Crippen molar-refractivity contribution in [2.75, 3.05) is 23.3 Å². The molecule has 162 valence electrons. The van der Waals surface area contributed by atoms with Gasteiger partial charge in [-0.15, -0.1) is 0 Å². The predicted molar refractivity (Wildman–Crippen MR) is 122 cm³/mol. The van der Waals surface area contributed by atoms with Crippen molar-refractivity contribution in [3.8, 4) is 5.88 Å². The van der Waals surface area contributed by atoms with Gasteiger partial charge in [-0.2, -0.15) is 5.10 Å². The number of hydrogen-bond donors (Lipinski definition) is 2. The zero-order valence-corrected chi connectivity index (χ0v) is 18.5. The monoisotopic (exact) mass is 440 g/mol. The van der Waals surface area contributed by atoms with Gasteiger partial charge in [0.05, 0.1) is 29.8 Å². The van der Waals surface area contributed by atoms with Crippen LogP contribution in [-0.2, 0) is 0 Å². The van der Waals surface area contributed by atoms with Crippen LogP contribution in [0.3, 0.4) is 0 Å². The van der Waals surface area contributed by atoms with Crippen LogP contribution in [0.2, 0.25) is 5.02 Å². The summed E-state index contributed by atoms with van der Waals surface area (Å²) in [5, 5.41) is 9.83. The Morgan fingerprint density at radius 1 is 1.29 bits per heavy atom. The third-order valence-electron chi connectivity index (χ3n) is 5.31. The van der Waals surface area contributed by atoms with E-state index >= 15 is 0 Å². The molecule has 2 N–H and O–H groups in total. The van der Waals surface area contributed by atoms with Crippen molar-refractivity contribution in [3.63, 3.8) is 0 Å². The maximum absolute atomic E-state index is 11.8. The van der Waals surface area contributed by atoms with E-state index in [2.05, 4.69) is 46.3 Å². The molecule has 0 spiro atoms. The van der Waals surface area contributed by atoms with Gasteiger partial charge in [-0.25, -0.2) is 10.1 Å². The third-order valence-corrected chi connectivity index (χ3v) is 5.67. The van der Waals surface area contributed by atoms with Crippen molar-refractivity contribution < 1.29 is 4.74 Å². The van der Waals surface area contributed by atoms with Gasteiger partial charge >= 0.3 is 0 Å². The number of nitrogens with one attached hydrogen (secondary N) is 2. The topological polar surface area (TPSA) is 96.0 Å². The fourth-order valence-electron chi connectivity index (χ4n) is 3.69. The highest BCUT2D eigenvalue weighted by molar-refractivity contribution is 6.33. The molecule has 3 aromatic rings. The largest absolute Gasteiger partial charge is 0.471 e. The van der Waals surface area contributed by atoms with Crippen LogP contribution in [0.25, 0.3) is 0 Å². The zero-order valence-electron chi connectivity index (χ0n) is 17.7. The number of aryl methyl sites for hydroxylation is 1. The lowest BCUT2D eigenvalue weighted by molar-refractivity contribution is 0.217. The second-order valence-corrected chi connectivity index (χ2v) is 8.27. The molecular weight excluding hydrogens is 416 g/mol. The van der Waals surface area contributed by atoms with E-state index in [1.54, 1.807) is 12.4 Å². The van der Waals surface area contributed by atoms with Gasteiger partial charge in [0.15, 0.2) is 0 Å². The lowest BCUT2D eigenvalue weighted by Gasteiger charge is -2.21. The molecule has 1 atom stereocenters. The van der Waals surface area contributed by atoms with Crippen LogP contribution >= 0.6 is 11.6 Å². The first-order valence-corrected chi connectivity index (χ1v) is 10.6. The molecule has 0 radical (unpaired) electrons. The Kier molecular flexibility index (Phi) is 6.08. The summed E-state index contributed by atoms with van der Waals surface area (Å²) in [6.45, 7) is 7.60. The molecule has 0 bridgehead atoms. The van der Waals surface area contributed by atoms with E-state index < -0.39 is 5.56 Å². The Morgan fingerprint density at radius 3 is 2.94 bits per heavy atom. The summed E-state index contributed by atoms with van der Waals surface area (Å²) in [6.07, 6.45) is 5.80. The lowest BCUT2D eigenvalue weighted by Crippen LogP contribution is -2.27. The van der Waals surface area contributed by atoms with E-state index in [0.717, 1.165) is 29.1 Å². The van der Waals surface area contributed by atoms with Crippen LogP contribution in [0, 0.1) is 6.92 Å². The summed E-state index contributed by atoms with van der Waals surface area (Å²) in [4.78, 5) is 22.8. The van der Waals surface area contributed by atoms with E-state index in [-0.39, 0.29) is 17.0 Å². The molecule has 3 aromatic heterocycles. The molecule has 0 unspecified atom stereocenters. The van der Waals surface area contributed by atoms with Gasteiger partial charge in [-0.1, -0.05) is 25.4 Å². The number of ether oxygens (including phenoxy) is 1. The van der Waals surface area contributed by atoms with Crippen molar-refractivity contribution in [2.24, 2.45) is 0 Å². The molecule has 1 aliphatic rings. The molecule has 0 aliphatic carbocycles. The second-order valence-electron chi connectivity index (χ2n) is 7.90. The maximum Gasteiger partial charge on any atom is 0.285 e. The number of hydrogen-bond acceptors (Lipinski definition) is 7. The number of H-pyrrole nitrogens is 1. The first-order valence-electron chi connectivity index (χ1n) is 10.3. The molecule has 4 rings (SSSR count). The minimum Gasteiger partial charge on any atom is -0.471 e. The van der Waals surface area contributed by atoms with Crippen LogP contribution in [0.4, 0.5) is 17.1 Å². The molecule has 0 saturated carbocycles. The Bertz CT molecular complexity index is 1130. The van der Waals surface area contributed by atoms with Crippen molar-refractivity contribution in [1.29, 1.82) is 0 Å². The molecule has 0 aromatic carbocycles. The fraction of sp³-hybridized carbons (Fsp3) is 0.364. The number of nitrogens with zero attached hydrogens (tertiary/aromatic N) is 4. The van der Waals surface area contributed by atoms with Crippen molar-refractivity contribution in [1.82, 2.24) is 20.2 Å². The number of pyridine rings is 2. The summed E-state index contributed by atoms with van der Waals surface area (Å²) in [5.41, 5.74) is 4.09. The van der Waals surface area contributed by atoms with Crippen LogP contribution in [0.1, 0.15) is 37.4 Å². The molecule has 1 fully saturated rings. The predicted octanol–water partition coefficient (Wildman–Crippen LogP) is 4.05. The molecule has 4 heterocycles. The van der Waals surface area contributed by atoms with Gasteiger partial charge in [0.1, 0.15) is 16.8 Å². The van der Waals surface area contributed by atoms with Crippen LogP contribution in [0.15, 0.2) is 41.6 Å². The molecular formula is C22H25ClN6O2. The standard InChI is InChI=1S/C22H25ClN6O2/c1-13(2)19-20(14(3)6-9-24-19)27-16-5-4-8-25-22(16)31-15-7-10-29(12-15)17-11-26-28-21(30)18(17)23/h4-6,8-9,11,13,15,27H,7,10,12H2,1-3H3,(H,28,30)/t15-/m1/s1. The Balaban J connectivity index is 1.53. The highest BCUT2D eigenvalue weighted by atomic mass is 35.5. The Hall–Kier alpha value is -3.13. The van der Waals surface area contributed by atoms with Crippen LogP contribution < -0.4 is 20.5 Å². The average molecular weight is 441 g/mol. The van der Waals surface area contributed by atoms with Crippen molar-refractivity contribution in [3.05, 3.63) is 63.4 Å². The number of rotatable bonds is 6. The van der Waals surface area contributed by atoms with Gasteiger partial charge in [0, 0.05) is 25.4 Å². The third kappa shape index (κ3) is 4.49. The zero-order chi connectivity index (χ0) is 22.0. The number of aromatic amines is 1. The first-order chi connectivity index (χ1) is 14.9. The highest BCUT2D eigenvalue weighted by Gasteiger charge is 2.27. The van der Waals surface area contributed by atoms with Crippen LogP contribution in [-0.4, -0.2) is 39.4 Å². The lowest BCUT2D eigenvalue weighted by atomic mass is 10.0. The highest BCUT2D eigenvalue weighted by Crippen LogP contribution is 2.33. The van der Waals surface area contributed by atoms with Gasteiger partial charge < -0.3 is 15.0 Å². The van der Waals surface area contributed by atoms with E-state index in [1.807, 2.05) is 29.3 Å². The SMILES string of the molecule is Cc1ccnc(C(C)C)c1Nc1cccnc1O[C@@H]1CCN(c2cn[nH]c(=O)c2Cl)C1. The molecule has 1 saturated heterocycles. The minimum atomic E-state index is -0.396. The van der Waals surface area contributed by atoms with Crippen molar-refractivity contribution in [2.45, 2.75) is 39.2 Å². The molecule has 8 nitrogen and oxygen atoms in total. The Labute approximate surface area is 185 Å². The number of halogens is 1. The van der Waals surface area contributed by atoms with Gasteiger partial charge in [0.2, 0.25) is 5.88 Å². The second kappa shape index (κ2) is 8.93. The van der Waals surface area contributed by atoms with Gasteiger partial charge in [-0.05, 0) is 36.6 Å². The van der Waals surface area contributed by atoms with E-state index in [4.69, 9.17) is 16.3 Å². The van der Waals surface area contributed by atoms with Gasteiger partial charge in [0.25, 0.3) is 5.56 Å². The van der Waals surface area contributed by atoms with E-state index in [0.29, 0.717) is 24.7 Å². The summed E-state index contributed by atoms with van der Waals surface area (Å²) in [6, 6.07) is 5.81. The van der Waals surface area contributed by atoms with Gasteiger partial charge in [-0.3, -0.25) is 9.78 Å². The summed E-state index contributed by atoms with van der Waals surface area (Å²) in [5.74, 6) is 0.807. The maximum atomic E-state index is 11.8. The van der Waals surface area contributed by atoms with Crippen LogP contribution in [0.5, 0.6) is 5.88 Å². The minimum absolute atomic E-state index is 0.0923. The molecule has 31 heavy (non-hydrogen) atoms. The fourth-order valence-corrected chi connectivity index (χ4v) is 3.90. The smallest absolute Gasteiger partial charge is 0.285 e.